The molecule has 176 valence electrons. The maximum absolute atomic E-state index is 13.8. The second-order valence-corrected chi connectivity index (χ2v) is 9.10. The van der Waals surface area contributed by atoms with Crippen molar-refractivity contribution in [3.8, 4) is 0 Å². The first kappa shape index (κ1) is 22.5. The molecule has 3 aromatic carbocycles. The van der Waals surface area contributed by atoms with E-state index in [0.29, 0.717) is 17.0 Å². The van der Waals surface area contributed by atoms with Gasteiger partial charge in [-0.1, -0.05) is 68.4 Å². The molecule has 0 saturated heterocycles. The number of fused-ring (bicyclic) bond motifs is 2. The molecule has 1 aromatic heterocycles. The summed E-state index contributed by atoms with van der Waals surface area (Å²) < 4.78 is 0. The first-order valence-corrected chi connectivity index (χ1v) is 11.7. The second kappa shape index (κ2) is 9.18. The molecule has 1 aliphatic rings. The van der Waals surface area contributed by atoms with Crippen LogP contribution in [0.1, 0.15) is 52.0 Å². The van der Waals surface area contributed by atoms with E-state index in [-0.39, 0.29) is 12.3 Å². The molecule has 7 nitrogen and oxygen atoms in total. The van der Waals surface area contributed by atoms with Crippen LogP contribution in [0.15, 0.2) is 78.9 Å². The molecule has 0 spiro atoms. The number of imide groups is 1. The smallest absolute Gasteiger partial charge is 0.262 e. The third-order valence-electron chi connectivity index (χ3n) is 6.38. The minimum absolute atomic E-state index is 0.0130. The van der Waals surface area contributed by atoms with E-state index in [2.05, 4.69) is 15.3 Å². The predicted molar refractivity (Wildman–Crippen MR) is 133 cm³/mol. The van der Waals surface area contributed by atoms with Gasteiger partial charge in [-0.05, 0) is 35.7 Å². The van der Waals surface area contributed by atoms with Crippen molar-refractivity contribution < 1.29 is 14.4 Å². The van der Waals surface area contributed by atoms with Crippen LogP contribution >= 0.6 is 0 Å². The topological polar surface area (TPSA) is 95.2 Å². The highest BCUT2D eigenvalue weighted by atomic mass is 16.2. The molecule has 3 amide bonds. The zero-order valence-electron chi connectivity index (χ0n) is 19.6. The van der Waals surface area contributed by atoms with E-state index >= 15 is 0 Å². The molecule has 0 unspecified atom stereocenters. The van der Waals surface area contributed by atoms with Gasteiger partial charge >= 0.3 is 0 Å². The molecule has 1 aliphatic heterocycles. The van der Waals surface area contributed by atoms with Gasteiger partial charge in [0.2, 0.25) is 5.91 Å². The van der Waals surface area contributed by atoms with Gasteiger partial charge in [0.1, 0.15) is 11.9 Å². The third-order valence-corrected chi connectivity index (χ3v) is 6.38. The normalized spacial score (nSPS) is 14.9. The number of hydrogen-bond donors (Lipinski definition) is 2. The van der Waals surface area contributed by atoms with Crippen LogP contribution in [-0.2, 0) is 11.2 Å². The summed E-state index contributed by atoms with van der Waals surface area (Å²) in [6, 6.07) is 22.3. The molecule has 2 atom stereocenters. The number of imidazole rings is 1. The third kappa shape index (κ3) is 4.21. The minimum Gasteiger partial charge on any atom is -0.344 e. The number of amides is 3. The molecule has 0 bridgehead atoms. The van der Waals surface area contributed by atoms with Crippen LogP contribution in [0.2, 0.25) is 0 Å². The number of nitrogens with one attached hydrogen (secondary N) is 2. The Morgan fingerprint density at radius 3 is 2.11 bits per heavy atom. The summed E-state index contributed by atoms with van der Waals surface area (Å²) in [5, 5.41) is 3.08. The Morgan fingerprint density at radius 2 is 1.49 bits per heavy atom. The van der Waals surface area contributed by atoms with Crippen LogP contribution in [0.3, 0.4) is 0 Å². The van der Waals surface area contributed by atoms with Gasteiger partial charge < -0.3 is 10.3 Å². The molecule has 7 heteroatoms. The van der Waals surface area contributed by atoms with Gasteiger partial charge in [0.15, 0.2) is 0 Å². The maximum Gasteiger partial charge on any atom is 0.262 e. The largest absolute Gasteiger partial charge is 0.344 e. The number of hydrogen-bond acceptors (Lipinski definition) is 4. The highest BCUT2D eigenvalue weighted by Crippen LogP contribution is 2.28. The number of aromatic amines is 1. The molecule has 2 heterocycles. The number of nitrogens with zero attached hydrogens (tertiary/aromatic N) is 2. The van der Waals surface area contributed by atoms with E-state index in [1.165, 1.54) is 0 Å². The Morgan fingerprint density at radius 1 is 0.886 bits per heavy atom. The number of carbonyl (C=O) groups is 3. The summed E-state index contributed by atoms with van der Waals surface area (Å²) in [5.41, 5.74) is 3.18. The number of para-hydroxylation sites is 2. The molecule has 0 saturated carbocycles. The standard InChI is InChI=1S/C28H26N4O3/c1-17(2)24(25-29-21-14-8-9-15-22(21)30-25)31-26(33)23(16-18-10-4-3-5-11-18)32-27(34)19-12-6-7-13-20(19)28(32)35/h3-15,17,23-24H,16H2,1-2H3,(H,29,30)(H,31,33)/t23-,24-/m1/s1. The first-order chi connectivity index (χ1) is 16.9. The Bertz CT molecular complexity index is 1340. The number of benzene rings is 3. The highest BCUT2D eigenvalue weighted by Gasteiger charge is 2.43. The number of aromatic nitrogens is 2. The predicted octanol–water partition coefficient (Wildman–Crippen LogP) is 4.28. The molecule has 5 rings (SSSR count). The summed E-state index contributed by atoms with van der Waals surface area (Å²) in [7, 11) is 0. The molecule has 2 N–H and O–H groups in total. The highest BCUT2D eigenvalue weighted by molar-refractivity contribution is 6.22. The van der Waals surface area contributed by atoms with Gasteiger partial charge in [0.05, 0.1) is 28.2 Å². The number of rotatable bonds is 7. The average molecular weight is 467 g/mol. The van der Waals surface area contributed by atoms with Crippen LogP contribution in [0.5, 0.6) is 0 Å². The zero-order valence-corrected chi connectivity index (χ0v) is 19.6. The lowest BCUT2D eigenvalue weighted by Crippen LogP contribution is -2.52. The summed E-state index contributed by atoms with van der Waals surface area (Å²) >= 11 is 0. The van der Waals surface area contributed by atoms with Crippen molar-refractivity contribution in [2.75, 3.05) is 0 Å². The molecule has 0 fully saturated rings. The molecule has 0 aliphatic carbocycles. The summed E-state index contributed by atoms with van der Waals surface area (Å²) in [5.74, 6) is -0.657. The van der Waals surface area contributed by atoms with Crippen LogP contribution in [0.4, 0.5) is 0 Å². The van der Waals surface area contributed by atoms with E-state index in [0.717, 1.165) is 21.5 Å². The Hall–Kier alpha value is -4.26. The molecule has 35 heavy (non-hydrogen) atoms. The van der Waals surface area contributed by atoms with Crippen LogP contribution in [-0.4, -0.2) is 38.6 Å². The average Bonchev–Trinajstić information content (AvgIpc) is 3.40. The first-order valence-electron chi connectivity index (χ1n) is 11.7. The van der Waals surface area contributed by atoms with Crippen molar-refractivity contribution in [3.63, 3.8) is 0 Å². The monoisotopic (exact) mass is 466 g/mol. The number of H-pyrrole nitrogens is 1. The SMILES string of the molecule is CC(C)[C@@H](NC(=O)[C@@H](Cc1ccccc1)N1C(=O)c2ccccc2C1=O)c1nc2ccccc2[nH]1. The molecular formula is C28H26N4O3. The molecule has 4 aromatic rings. The molecular weight excluding hydrogens is 440 g/mol. The van der Waals surface area contributed by atoms with Crippen LogP contribution in [0.25, 0.3) is 11.0 Å². The van der Waals surface area contributed by atoms with Crippen molar-refractivity contribution in [2.45, 2.75) is 32.4 Å². The Labute approximate surface area is 203 Å². The van der Waals surface area contributed by atoms with Crippen LogP contribution in [0, 0.1) is 5.92 Å². The Balaban J connectivity index is 1.49. The zero-order chi connectivity index (χ0) is 24.5. The van der Waals surface area contributed by atoms with E-state index in [9.17, 15) is 14.4 Å². The minimum atomic E-state index is -1.00. The van der Waals surface area contributed by atoms with E-state index in [4.69, 9.17) is 0 Å². The number of carbonyl (C=O) groups excluding carboxylic acids is 3. The van der Waals surface area contributed by atoms with E-state index < -0.39 is 29.8 Å². The quantitative estimate of drug-likeness (QED) is 0.398. The van der Waals surface area contributed by atoms with Crippen molar-refractivity contribution in [1.29, 1.82) is 0 Å². The van der Waals surface area contributed by atoms with Gasteiger partial charge in [0.25, 0.3) is 11.8 Å². The fourth-order valence-electron chi connectivity index (χ4n) is 4.55. The molecule has 0 radical (unpaired) electrons. The van der Waals surface area contributed by atoms with Gasteiger partial charge in [0, 0.05) is 6.42 Å². The lowest BCUT2D eigenvalue weighted by atomic mass is 10.0. The van der Waals surface area contributed by atoms with Gasteiger partial charge in [-0.3, -0.25) is 19.3 Å². The summed E-state index contributed by atoms with van der Waals surface area (Å²) in [4.78, 5) is 49.4. The van der Waals surface area contributed by atoms with Crippen molar-refractivity contribution in [3.05, 3.63) is 101 Å². The Kier molecular flexibility index (Phi) is 5.91. The van der Waals surface area contributed by atoms with Crippen molar-refractivity contribution in [2.24, 2.45) is 5.92 Å². The lowest BCUT2D eigenvalue weighted by Gasteiger charge is -2.28. The van der Waals surface area contributed by atoms with Crippen molar-refractivity contribution in [1.82, 2.24) is 20.2 Å². The fourth-order valence-corrected chi connectivity index (χ4v) is 4.55. The van der Waals surface area contributed by atoms with Gasteiger partial charge in [-0.15, -0.1) is 0 Å². The van der Waals surface area contributed by atoms with Crippen LogP contribution < -0.4 is 5.32 Å². The van der Waals surface area contributed by atoms with E-state index in [1.54, 1.807) is 24.3 Å². The van der Waals surface area contributed by atoms with Crippen molar-refractivity contribution >= 4 is 28.8 Å². The van der Waals surface area contributed by atoms with E-state index in [1.807, 2.05) is 68.4 Å². The fraction of sp³-hybridized carbons (Fsp3) is 0.214. The summed E-state index contributed by atoms with van der Waals surface area (Å²) in [6.07, 6.45) is 0.211. The van der Waals surface area contributed by atoms with Gasteiger partial charge in [-0.2, -0.15) is 0 Å². The lowest BCUT2D eigenvalue weighted by molar-refractivity contribution is -0.126. The summed E-state index contributed by atoms with van der Waals surface area (Å²) in [6.45, 7) is 3.98. The maximum atomic E-state index is 13.8. The second-order valence-electron chi connectivity index (χ2n) is 9.10. The van der Waals surface area contributed by atoms with Gasteiger partial charge in [-0.25, -0.2) is 4.98 Å².